The van der Waals surface area contributed by atoms with E-state index >= 15 is 0 Å². The van der Waals surface area contributed by atoms with Gasteiger partial charge in [-0.15, -0.1) is 0 Å². The second-order valence-corrected chi connectivity index (χ2v) is 7.82. The minimum absolute atomic E-state index is 0.0443. The van der Waals surface area contributed by atoms with Crippen LogP contribution >= 0.6 is 0 Å². The van der Waals surface area contributed by atoms with Gasteiger partial charge >= 0.3 is 0 Å². The van der Waals surface area contributed by atoms with Crippen molar-refractivity contribution < 1.29 is 18.3 Å². The van der Waals surface area contributed by atoms with Gasteiger partial charge < -0.3 is 21.1 Å². The highest BCUT2D eigenvalue weighted by molar-refractivity contribution is 5.96. The Bertz CT molecular complexity index is 1430. The average Bonchev–Trinajstić information content (AvgIpc) is 3.33. The Morgan fingerprint density at radius 2 is 2.00 bits per heavy atom. The number of aromatic nitrogens is 3. The lowest BCUT2D eigenvalue weighted by molar-refractivity contribution is 0.0957. The average molecular weight is 493 g/mol. The van der Waals surface area contributed by atoms with Crippen molar-refractivity contribution in [3.05, 3.63) is 83.8 Å². The highest BCUT2D eigenvalue weighted by atomic mass is 19.2. The van der Waals surface area contributed by atoms with E-state index in [-0.39, 0.29) is 17.2 Å². The Hall–Kier alpha value is -4.31. The molecule has 4 aromatic rings. The zero-order valence-corrected chi connectivity index (χ0v) is 19.9. The van der Waals surface area contributed by atoms with E-state index in [1.54, 1.807) is 34.9 Å². The van der Waals surface area contributed by atoms with Gasteiger partial charge in [0.25, 0.3) is 5.91 Å². The van der Waals surface area contributed by atoms with Gasteiger partial charge in [-0.1, -0.05) is 19.1 Å². The Morgan fingerprint density at radius 1 is 1.17 bits per heavy atom. The predicted octanol–water partition coefficient (Wildman–Crippen LogP) is 4.23. The summed E-state index contributed by atoms with van der Waals surface area (Å²) < 4.78 is 35.5. The van der Waals surface area contributed by atoms with Crippen LogP contribution in [0.25, 0.3) is 16.9 Å². The van der Waals surface area contributed by atoms with Crippen molar-refractivity contribution in [3.8, 4) is 17.0 Å². The molecule has 10 heteroatoms. The van der Waals surface area contributed by atoms with Crippen LogP contribution in [0.1, 0.15) is 22.8 Å². The summed E-state index contributed by atoms with van der Waals surface area (Å²) in [6.07, 6.45) is 8.84. The van der Waals surface area contributed by atoms with Crippen LogP contribution in [0.5, 0.6) is 5.75 Å². The first kappa shape index (κ1) is 24.8. The Balaban J connectivity index is 1.62. The molecule has 0 saturated carbocycles. The number of halogens is 2. The van der Waals surface area contributed by atoms with Crippen molar-refractivity contribution >= 4 is 23.1 Å². The normalized spacial score (nSPS) is 11.2. The molecule has 8 nitrogen and oxygen atoms in total. The lowest BCUT2D eigenvalue weighted by Crippen LogP contribution is -2.24. The van der Waals surface area contributed by atoms with Crippen molar-refractivity contribution in [1.29, 1.82) is 0 Å². The monoisotopic (exact) mass is 492 g/mol. The summed E-state index contributed by atoms with van der Waals surface area (Å²) in [5, 5.41) is 6.06. The van der Waals surface area contributed by atoms with Gasteiger partial charge in [0, 0.05) is 42.3 Å². The van der Waals surface area contributed by atoms with Gasteiger partial charge in [0.2, 0.25) is 5.82 Å². The maximum absolute atomic E-state index is 14.7. The molecular formula is C26H26F2N6O2. The third-order valence-electron chi connectivity index (χ3n) is 5.65. The third-order valence-corrected chi connectivity index (χ3v) is 5.65. The number of nitrogens with zero attached hydrogens (tertiary/aromatic N) is 3. The molecule has 1 amide bonds. The number of carbonyl (C=O) groups is 1. The Morgan fingerprint density at radius 3 is 2.75 bits per heavy atom. The fraction of sp³-hybridized carbons (Fsp3) is 0.192. The molecule has 186 valence electrons. The first-order valence-corrected chi connectivity index (χ1v) is 11.4. The molecule has 0 aliphatic heterocycles. The van der Waals surface area contributed by atoms with Crippen LogP contribution < -0.4 is 21.1 Å². The number of nitrogens with two attached hydrogens (primary N) is 1. The number of imidazole rings is 1. The number of aryl methyl sites for hydroxylation is 1. The lowest BCUT2D eigenvalue weighted by atomic mass is 10.0. The molecule has 0 atom stereocenters. The van der Waals surface area contributed by atoms with E-state index in [2.05, 4.69) is 20.6 Å². The molecule has 36 heavy (non-hydrogen) atoms. The molecule has 0 saturated heterocycles. The van der Waals surface area contributed by atoms with Crippen LogP contribution in [0.4, 0.5) is 20.3 Å². The van der Waals surface area contributed by atoms with E-state index in [1.807, 2.05) is 13.0 Å². The number of hydrogen-bond donors (Lipinski definition) is 3. The van der Waals surface area contributed by atoms with Gasteiger partial charge in [-0.2, -0.15) is 4.39 Å². The second kappa shape index (κ2) is 11.0. The molecule has 2 aromatic heterocycles. The largest absolute Gasteiger partial charge is 0.494 e. The minimum atomic E-state index is -1.07. The summed E-state index contributed by atoms with van der Waals surface area (Å²) >= 11 is 0. The van der Waals surface area contributed by atoms with Gasteiger partial charge in [-0.25, -0.2) is 14.4 Å². The number of nitrogens with one attached hydrogen (secondary N) is 2. The fourth-order valence-electron chi connectivity index (χ4n) is 3.84. The number of carbonyl (C=O) groups excluding carboxylic acids is 1. The van der Waals surface area contributed by atoms with E-state index in [4.69, 9.17) is 10.5 Å². The maximum atomic E-state index is 14.7. The topological polar surface area (TPSA) is 107 Å². The zero-order valence-electron chi connectivity index (χ0n) is 19.9. The Kier molecular flexibility index (Phi) is 7.55. The molecule has 4 N–H and O–H groups in total. The lowest BCUT2D eigenvalue weighted by Gasteiger charge is -2.12. The first-order valence-electron chi connectivity index (χ1n) is 11.4. The van der Waals surface area contributed by atoms with Crippen LogP contribution in [0, 0.1) is 11.6 Å². The van der Waals surface area contributed by atoms with Gasteiger partial charge in [0.05, 0.1) is 19.0 Å². The molecule has 2 aromatic carbocycles. The standard InChI is InChI=1S/C26H26F2N6O2/c1-3-16-14-17(6-7-18(16)26(35)31-11-5-4-10-29)33-24-25-32-15-20(34(25)13-12-30-24)19-8-9-21(36-2)23(28)22(19)27/h4-9,12-15H,3,10-11,29H2,1-2H3,(H,30,33)(H,31,35)/b5-4+. The van der Waals surface area contributed by atoms with E-state index in [0.717, 1.165) is 5.56 Å². The molecule has 0 unspecified atom stereocenters. The molecular weight excluding hydrogens is 466 g/mol. The van der Waals surface area contributed by atoms with E-state index < -0.39 is 11.6 Å². The SMILES string of the molecule is CCc1cc(Nc2nccn3c(-c4ccc(OC)c(F)c4F)cnc23)ccc1C(=O)NC/C=C/CN. The van der Waals surface area contributed by atoms with Crippen molar-refractivity contribution in [2.75, 3.05) is 25.5 Å². The summed E-state index contributed by atoms with van der Waals surface area (Å²) in [5.74, 6) is -2.02. The summed E-state index contributed by atoms with van der Waals surface area (Å²) in [4.78, 5) is 21.3. The van der Waals surface area contributed by atoms with Crippen LogP contribution in [0.3, 0.4) is 0 Å². The maximum Gasteiger partial charge on any atom is 0.251 e. The fourth-order valence-corrected chi connectivity index (χ4v) is 3.84. The summed E-state index contributed by atoms with van der Waals surface area (Å²) in [6, 6.07) is 8.20. The van der Waals surface area contributed by atoms with Crippen molar-refractivity contribution in [2.24, 2.45) is 5.73 Å². The highest BCUT2D eigenvalue weighted by Gasteiger charge is 2.19. The van der Waals surface area contributed by atoms with Crippen molar-refractivity contribution in [2.45, 2.75) is 13.3 Å². The van der Waals surface area contributed by atoms with Crippen molar-refractivity contribution in [1.82, 2.24) is 19.7 Å². The highest BCUT2D eigenvalue weighted by Crippen LogP contribution is 2.31. The minimum Gasteiger partial charge on any atom is -0.494 e. The number of amides is 1. The number of fused-ring (bicyclic) bond motifs is 1. The number of hydrogen-bond acceptors (Lipinski definition) is 6. The van der Waals surface area contributed by atoms with Crippen molar-refractivity contribution in [3.63, 3.8) is 0 Å². The molecule has 0 aliphatic rings. The number of methoxy groups -OCH3 is 1. The van der Waals surface area contributed by atoms with Gasteiger partial charge in [-0.3, -0.25) is 9.20 Å². The van der Waals surface area contributed by atoms with Crippen LogP contribution in [0.2, 0.25) is 0 Å². The summed E-state index contributed by atoms with van der Waals surface area (Å²) in [6.45, 7) is 2.78. The molecule has 2 heterocycles. The Labute approximate surface area is 206 Å². The van der Waals surface area contributed by atoms with Gasteiger partial charge in [-0.05, 0) is 42.3 Å². The van der Waals surface area contributed by atoms with E-state index in [1.165, 1.54) is 31.6 Å². The number of rotatable bonds is 9. The first-order chi connectivity index (χ1) is 17.5. The molecule has 0 aliphatic carbocycles. The smallest absolute Gasteiger partial charge is 0.251 e. The molecule has 0 fully saturated rings. The molecule has 0 spiro atoms. The summed E-state index contributed by atoms with van der Waals surface area (Å²) in [7, 11) is 1.28. The van der Waals surface area contributed by atoms with Gasteiger partial charge in [0.15, 0.2) is 23.0 Å². The third kappa shape index (κ3) is 4.89. The van der Waals surface area contributed by atoms with Crippen LogP contribution in [-0.4, -0.2) is 40.5 Å². The van der Waals surface area contributed by atoms with E-state index in [9.17, 15) is 13.6 Å². The molecule has 0 bridgehead atoms. The summed E-state index contributed by atoms with van der Waals surface area (Å²) in [5.41, 5.74) is 8.39. The molecule has 0 radical (unpaired) electrons. The van der Waals surface area contributed by atoms with E-state index in [0.29, 0.717) is 47.9 Å². The predicted molar refractivity (Wildman–Crippen MR) is 135 cm³/mol. The molecule has 4 rings (SSSR count). The quantitative estimate of drug-likeness (QED) is 0.302. The van der Waals surface area contributed by atoms with Crippen LogP contribution in [-0.2, 0) is 6.42 Å². The zero-order chi connectivity index (χ0) is 25.7. The van der Waals surface area contributed by atoms with Gasteiger partial charge in [0.1, 0.15) is 0 Å². The number of ether oxygens (including phenoxy) is 1. The number of anilines is 2. The second-order valence-electron chi connectivity index (χ2n) is 7.82. The number of benzene rings is 2. The van der Waals surface area contributed by atoms with Crippen LogP contribution in [0.15, 0.2) is 61.1 Å².